The van der Waals surface area contributed by atoms with Crippen LogP contribution in [0, 0.1) is 12.8 Å². The molecule has 0 fully saturated rings. The van der Waals surface area contributed by atoms with Gasteiger partial charge in [0.1, 0.15) is 17.1 Å². The van der Waals surface area contributed by atoms with E-state index in [4.69, 9.17) is 18.9 Å². The van der Waals surface area contributed by atoms with E-state index < -0.39 is 5.91 Å². The van der Waals surface area contributed by atoms with Gasteiger partial charge in [-0.1, -0.05) is 6.07 Å². The number of benzene rings is 2. The first kappa shape index (κ1) is 20.9. The lowest BCUT2D eigenvalue weighted by atomic mass is 9.96. The zero-order chi connectivity index (χ0) is 22.9. The summed E-state index contributed by atoms with van der Waals surface area (Å²) < 4.78 is 23.3. The van der Waals surface area contributed by atoms with Gasteiger partial charge in [0.25, 0.3) is 11.5 Å². The third-order valence-corrected chi connectivity index (χ3v) is 5.97. The number of fused-ring (bicyclic) bond motifs is 2. The molecule has 0 bridgehead atoms. The second kappa shape index (κ2) is 8.54. The molecule has 170 valence electrons. The number of nitrogens with zero attached hydrogens (tertiary/aromatic N) is 1. The summed E-state index contributed by atoms with van der Waals surface area (Å²) in [6, 6.07) is 12.7. The Hall–Kier alpha value is -3.94. The molecule has 8 heteroatoms. The maximum atomic E-state index is 13.2. The van der Waals surface area contributed by atoms with Crippen LogP contribution in [0.3, 0.4) is 0 Å². The lowest BCUT2D eigenvalue weighted by Crippen LogP contribution is -2.38. The van der Waals surface area contributed by atoms with Crippen LogP contribution in [-0.2, 0) is 6.42 Å². The van der Waals surface area contributed by atoms with Gasteiger partial charge in [0.2, 0.25) is 6.79 Å². The molecule has 1 atom stereocenters. The quantitative estimate of drug-likeness (QED) is 0.646. The number of amides is 1. The Labute approximate surface area is 190 Å². The summed E-state index contributed by atoms with van der Waals surface area (Å²) in [4.78, 5) is 26.2. The molecule has 3 heterocycles. The SMILES string of the molecule is COc1ccc2c(c1)OCC(CNC(=O)c1c(C)ccn(-c3ccc4c(c3)OCO4)c1=O)C2. The number of nitrogens with one attached hydrogen (secondary N) is 1. The van der Waals surface area contributed by atoms with Gasteiger partial charge >= 0.3 is 0 Å². The van der Waals surface area contributed by atoms with E-state index in [1.54, 1.807) is 44.5 Å². The number of hydrogen-bond donors (Lipinski definition) is 1. The molecule has 1 amide bonds. The molecular formula is C25H24N2O6. The van der Waals surface area contributed by atoms with E-state index >= 15 is 0 Å². The van der Waals surface area contributed by atoms with Crippen LogP contribution in [0.2, 0.25) is 0 Å². The number of carbonyl (C=O) groups is 1. The maximum Gasteiger partial charge on any atom is 0.268 e. The van der Waals surface area contributed by atoms with Gasteiger partial charge in [0.15, 0.2) is 11.5 Å². The molecule has 0 saturated heterocycles. The largest absolute Gasteiger partial charge is 0.497 e. The fourth-order valence-corrected chi connectivity index (χ4v) is 4.14. The average molecular weight is 448 g/mol. The molecule has 0 radical (unpaired) electrons. The summed E-state index contributed by atoms with van der Waals surface area (Å²) in [6.45, 7) is 2.80. The van der Waals surface area contributed by atoms with Gasteiger partial charge < -0.3 is 24.3 Å². The van der Waals surface area contributed by atoms with E-state index in [0.717, 1.165) is 23.5 Å². The number of ether oxygens (including phenoxy) is 4. The van der Waals surface area contributed by atoms with Crippen LogP contribution in [0.25, 0.3) is 5.69 Å². The van der Waals surface area contributed by atoms with Crippen molar-refractivity contribution in [1.29, 1.82) is 0 Å². The Balaban J connectivity index is 1.32. The third-order valence-electron chi connectivity index (χ3n) is 5.97. The lowest BCUT2D eigenvalue weighted by Gasteiger charge is -2.26. The van der Waals surface area contributed by atoms with Gasteiger partial charge in [-0.15, -0.1) is 0 Å². The van der Waals surface area contributed by atoms with Crippen molar-refractivity contribution in [3.63, 3.8) is 0 Å². The highest BCUT2D eigenvalue weighted by Crippen LogP contribution is 2.33. The number of hydrogen-bond acceptors (Lipinski definition) is 6. The Morgan fingerprint density at radius 2 is 1.94 bits per heavy atom. The summed E-state index contributed by atoms with van der Waals surface area (Å²) in [5.41, 5.74) is 2.03. The molecule has 0 spiro atoms. The first-order valence-corrected chi connectivity index (χ1v) is 10.7. The molecule has 1 unspecified atom stereocenters. The minimum absolute atomic E-state index is 0.106. The standard InChI is InChI=1S/C25H24N2O6/c1-15-7-8-27(18-4-6-20-22(10-18)33-14-32-20)25(29)23(15)24(28)26-12-16-9-17-3-5-19(30-2)11-21(17)31-13-16/h3-8,10-11,16H,9,12-14H2,1-2H3,(H,26,28). The number of carbonyl (C=O) groups excluding carboxylic acids is 1. The van der Waals surface area contributed by atoms with Crippen LogP contribution in [0.4, 0.5) is 0 Å². The molecule has 5 rings (SSSR count). The number of aromatic nitrogens is 1. The number of rotatable bonds is 5. The molecule has 2 aliphatic heterocycles. The fraction of sp³-hybridized carbons (Fsp3) is 0.280. The molecular weight excluding hydrogens is 424 g/mol. The Kier molecular flexibility index (Phi) is 5.42. The molecule has 2 aromatic carbocycles. The number of methoxy groups -OCH3 is 1. The smallest absolute Gasteiger partial charge is 0.268 e. The topological polar surface area (TPSA) is 88.0 Å². The minimum atomic E-state index is -0.395. The first-order chi connectivity index (χ1) is 16.0. The van der Waals surface area contributed by atoms with Crippen LogP contribution in [0.15, 0.2) is 53.5 Å². The zero-order valence-electron chi connectivity index (χ0n) is 18.4. The minimum Gasteiger partial charge on any atom is -0.497 e. The Morgan fingerprint density at radius 1 is 1.09 bits per heavy atom. The highest BCUT2D eigenvalue weighted by molar-refractivity contribution is 5.95. The van der Waals surface area contributed by atoms with Crippen molar-refractivity contribution < 1.29 is 23.7 Å². The number of aryl methyl sites for hydroxylation is 1. The van der Waals surface area contributed by atoms with Gasteiger partial charge in [-0.05, 0) is 48.7 Å². The molecule has 8 nitrogen and oxygen atoms in total. The normalized spacial score (nSPS) is 16.0. The molecule has 0 saturated carbocycles. The first-order valence-electron chi connectivity index (χ1n) is 10.7. The predicted molar refractivity (Wildman–Crippen MR) is 121 cm³/mol. The van der Waals surface area contributed by atoms with Crippen molar-refractivity contribution in [3.8, 4) is 28.7 Å². The van der Waals surface area contributed by atoms with E-state index in [9.17, 15) is 9.59 Å². The fourth-order valence-electron chi connectivity index (χ4n) is 4.14. The highest BCUT2D eigenvalue weighted by atomic mass is 16.7. The van der Waals surface area contributed by atoms with E-state index in [0.29, 0.717) is 35.9 Å². The van der Waals surface area contributed by atoms with Crippen molar-refractivity contribution >= 4 is 5.91 Å². The Bertz CT molecular complexity index is 1280. The van der Waals surface area contributed by atoms with Crippen molar-refractivity contribution in [1.82, 2.24) is 9.88 Å². The second-order valence-electron chi connectivity index (χ2n) is 8.15. The van der Waals surface area contributed by atoms with Gasteiger partial charge in [-0.3, -0.25) is 14.2 Å². The second-order valence-corrected chi connectivity index (χ2v) is 8.15. The van der Waals surface area contributed by atoms with Crippen molar-refractivity contribution in [2.45, 2.75) is 13.3 Å². The Morgan fingerprint density at radius 3 is 2.79 bits per heavy atom. The monoisotopic (exact) mass is 448 g/mol. The lowest BCUT2D eigenvalue weighted by molar-refractivity contribution is 0.0936. The summed E-state index contributed by atoms with van der Waals surface area (Å²) in [5.74, 6) is 2.47. The summed E-state index contributed by atoms with van der Waals surface area (Å²) in [5, 5.41) is 2.92. The van der Waals surface area contributed by atoms with Crippen molar-refractivity contribution in [3.05, 3.63) is 75.7 Å². The maximum absolute atomic E-state index is 13.2. The molecule has 0 aliphatic carbocycles. The third kappa shape index (κ3) is 4.00. The average Bonchev–Trinajstić information content (AvgIpc) is 3.30. The molecule has 1 N–H and O–H groups in total. The number of pyridine rings is 1. The van der Waals surface area contributed by atoms with Crippen molar-refractivity contribution in [2.24, 2.45) is 5.92 Å². The van der Waals surface area contributed by atoms with Gasteiger partial charge in [0, 0.05) is 30.8 Å². The van der Waals surface area contributed by atoms with E-state index in [1.807, 2.05) is 18.2 Å². The van der Waals surface area contributed by atoms with Crippen LogP contribution in [0.5, 0.6) is 23.0 Å². The van der Waals surface area contributed by atoms with E-state index in [2.05, 4.69) is 5.32 Å². The van der Waals surface area contributed by atoms with Crippen LogP contribution >= 0.6 is 0 Å². The highest BCUT2D eigenvalue weighted by Gasteiger charge is 2.23. The molecule has 2 aliphatic rings. The van der Waals surface area contributed by atoms with Gasteiger partial charge in [-0.25, -0.2) is 0 Å². The van der Waals surface area contributed by atoms with Gasteiger partial charge in [0.05, 0.1) is 19.4 Å². The molecule has 1 aromatic heterocycles. The summed E-state index contributed by atoms with van der Waals surface area (Å²) in [7, 11) is 1.62. The van der Waals surface area contributed by atoms with Crippen molar-refractivity contribution in [2.75, 3.05) is 27.1 Å². The zero-order valence-corrected chi connectivity index (χ0v) is 18.4. The predicted octanol–water partition coefficient (Wildman–Crippen LogP) is 2.86. The summed E-state index contributed by atoms with van der Waals surface area (Å²) in [6.07, 6.45) is 2.43. The molecule has 3 aromatic rings. The van der Waals surface area contributed by atoms with E-state index in [1.165, 1.54) is 4.57 Å². The van der Waals surface area contributed by atoms with Crippen LogP contribution in [-0.4, -0.2) is 37.5 Å². The van der Waals surface area contributed by atoms with Crippen LogP contribution < -0.4 is 29.8 Å². The summed E-state index contributed by atoms with van der Waals surface area (Å²) >= 11 is 0. The molecule has 33 heavy (non-hydrogen) atoms. The van der Waals surface area contributed by atoms with Crippen LogP contribution in [0.1, 0.15) is 21.5 Å². The van der Waals surface area contributed by atoms with Gasteiger partial charge in [-0.2, -0.15) is 0 Å². The van der Waals surface area contributed by atoms with E-state index in [-0.39, 0.29) is 23.8 Å².